The number of para-hydroxylation sites is 1. The van der Waals surface area contributed by atoms with E-state index in [9.17, 15) is 27.6 Å². The first-order valence-corrected chi connectivity index (χ1v) is 23.3. The van der Waals surface area contributed by atoms with Crippen LogP contribution in [0.4, 0.5) is 4.79 Å². The second kappa shape index (κ2) is 15.9. The molecule has 5 atom stereocenters. The zero-order valence-electron chi connectivity index (χ0n) is 32.9. The second-order valence-electron chi connectivity index (χ2n) is 16.7. The summed E-state index contributed by atoms with van der Waals surface area (Å²) >= 11 is 1.56. The average Bonchev–Trinajstić information content (AvgIpc) is 3.90. The molecule has 3 aromatic heterocycles. The topological polar surface area (TPSA) is 186 Å². The van der Waals surface area contributed by atoms with Gasteiger partial charge in [0.05, 0.1) is 22.4 Å². The van der Waals surface area contributed by atoms with Gasteiger partial charge in [-0.05, 0) is 100 Å². The van der Waals surface area contributed by atoms with Gasteiger partial charge in [-0.1, -0.05) is 37.1 Å². The minimum atomic E-state index is -3.90. The smallest absolute Gasteiger partial charge is 0.408 e. The Morgan fingerprint density at radius 1 is 1.02 bits per heavy atom. The number of pyridine rings is 1. The first-order valence-electron chi connectivity index (χ1n) is 20.8. The van der Waals surface area contributed by atoms with E-state index < -0.39 is 68.7 Å². The number of rotatable bonds is 8. The van der Waals surface area contributed by atoms with Crippen LogP contribution in [0.3, 0.4) is 0 Å². The molecule has 59 heavy (non-hydrogen) atoms. The third-order valence-electron chi connectivity index (χ3n) is 12.4. The molecule has 2 aliphatic heterocycles. The molecule has 0 spiro atoms. The maximum absolute atomic E-state index is 14.8. The van der Waals surface area contributed by atoms with Crippen molar-refractivity contribution in [1.29, 1.82) is 0 Å². The van der Waals surface area contributed by atoms with E-state index in [4.69, 9.17) is 18.9 Å². The zero-order valence-corrected chi connectivity index (χ0v) is 34.6. The van der Waals surface area contributed by atoms with Gasteiger partial charge in [0.15, 0.2) is 11.3 Å². The van der Waals surface area contributed by atoms with E-state index in [1.165, 1.54) is 4.90 Å². The van der Waals surface area contributed by atoms with E-state index >= 15 is 0 Å². The number of allylic oxidation sites excluding steroid dienone is 1. The fraction of sp³-hybridized carbons (Fsp3) is 0.512. The zero-order chi connectivity index (χ0) is 40.9. The fourth-order valence-corrected chi connectivity index (χ4v) is 11.1. The molecule has 4 fully saturated rings. The number of furan rings is 1. The molecule has 5 aliphatic rings. The molecule has 3 aliphatic carbocycles. The summed E-state index contributed by atoms with van der Waals surface area (Å²) in [5.41, 5.74) is 1.92. The van der Waals surface area contributed by atoms with Crippen LogP contribution in [0.5, 0.6) is 5.75 Å². The number of ether oxygens (including phenoxy) is 2. The Hall–Kier alpha value is -4.96. The monoisotopic (exact) mass is 843 g/mol. The highest BCUT2D eigenvalue weighted by Crippen LogP contribution is 2.46. The van der Waals surface area contributed by atoms with E-state index in [1.807, 2.05) is 60.9 Å². The predicted octanol–water partition coefficient (Wildman–Crippen LogP) is 6.41. The summed E-state index contributed by atoms with van der Waals surface area (Å²) in [6.45, 7) is 2.00. The summed E-state index contributed by atoms with van der Waals surface area (Å²) in [6.07, 6.45) is 10.2. The van der Waals surface area contributed by atoms with Gasteiger partial charge in [0.2, 0.25) is 21.8 Å². The van der Waals surface area contributed by atoms with Crippen molar-refractivity contribution in [3.63, 3.8) is 0 Å². The van der Waals surface area contributed by atoms with E-state index in [0.717, 1.165) is 54.4 Å². The van der Waals surface area contributed by atoms with Crippen molar-refractivity contribution in [3.8, 4) is 16.3 Å². The van der Waals surface area contributed by atoms with Crippen LogP contribution in [0.15, 0.2) is 58.3 Å². The van der Waals surface area contributed by atoms with Crippen molar-refractivity contribution < 1.29 is 41.5 Å². The summed E-state index contributed by atoms with van der Waals surface area (Å²) in [5.74, 6) is -1.89. The fourth-order valence-electron chi connectivity index (χ4n) is 8.85. The number of amides is 4. The van der Waals surface area contributed by atoms with E-state index in [2.05, 4.69) is 15.4 Å². The minimum absolute atomic E-state index is 0.0111. The van der Waals surface area contributed by atoms with Crippen molar-refractivity contribution in [2.24, 2.45) is 5.92 Å². The van der Waals surface area contributed by atoms with Crippen molar-refractivity contribution in [2.75, 3.05) is 6.54 Å². The van der Waals surface area contributed by atoms with Gasteiger partial charge in [0.25, 0.3) is 5.91 Å². The average molecular weight is 844 g/mol. The number of nitrogens with one attached hydrogen (secondary N) is 3. The Kier molecular flexibility index (Phi) is 10.6. The van der Waals surface area contributed by atoms with Gasteiger partial charge >= 0.3 is 6.09 Å². The number of aromatic nitrogens is 1. The van der Waals surface area contributed by atoms with Crippen molar-refractivity contribution in [3.05, 3.63) is 59.5 Å². The molecule has 16 heteroatoms. The standard InChI is InChI=1S/C43H49N5O9S2/c1-25-19-20-58-38(25)32-22-35(37-36(44-32)30-14-9-10-16-34(30)57-37)55-28-21-33-39(49)46-43(41(51)47-59(53,54)29-17-18-29)23-26(43)11-5-3-2-4-6-15-31(40(50)48(33)24-28)45-42(52)56-27-12-7-8-13-27/h5,9-11,14,16,19-20,22,26-29,31,33H,2-4,6-8,12-13,15,17-18,21,23-24H2,1H3,(H,45,52)(H,46,49)(H,47,51)/b11-5-/t26-,28-,31+,33+,43-/m1/s1. The molecule has 0 bridgehead atoms. The van der Waals surface area contributed by atoms with E-state index in [1.54, 1.807) is 11.3 Å². The lowest BCUT2D eigenvalue weighted by Gasteiger charge is -2.30. The Labute approximate surface area is 346 Å². The molecule has 3 N–H and O–H groups in total. The molecule has 9 rings (SSSR count). The molecule has 4 aromatic rings. The number of carbonyl (C=O) groups excluding carboxylic acids is 4. The molecule has 4 amide bonds. The summed E-state index contributed by atoms with van der Waals surface area (Å²) in [5, 5.41) is 7.95. The van der Waals surface area contributed by atoms with Gasteiger partial charge in [0.1, 0.15) is 40.9 Å². The summed E-state index contributed by atoms with van der Waals surface area (Å²) in [6, 6.07) is 9.34. The van der Waals surface area contributed by atoms with Crippen LogP contribution in [0.25, 0.3) is 32.6 Å². The lowest BCUT2D eigenvalue weighted by atomic mass is 10.0. The molecule has 14 nitrogen and oxygen atoms in total. The number of carbonyl (C=O) groups is 4. The van der Waals surface area contributed by atoms with Crippen molar-refractivity contribution >= 4 is 67.2 Å². The molecular weight excluding hydrogens is 795 g/mol. The normalized spacial score (nSPS) is 27.3. The summed E-state index contributed by atoms with van der Waals surface area (Å²) in [7, 11) is -3.90. The quantitative estimate of drug-likeness (QED) is 0.168. The molecule has 5 heterocycles. The Bertz CT molecular complexity index is 2430. The number of sulfonamides is 1. The minimum Gasteiger partial charge on any atom is -0.484 e. The van der Waals surface area contributed by atoms with Crippen LogP contribution < -0.4 is 20.1 Å². The number of aryl methyl sites for hydroxylation is 1. The first kappa shape index (κ1) is 39.5. The second-order valence-corrected chi connectivity index (χ2v) is 19.6. The highest BCUT2D eigenvalue weighted by molar-refractivity contribution is 7.91. The third kappa shape index (κ3) is 8.05. The maximum Gasteiger partial charge on any atom is 0.408 e. The number of nitrogens with zero attached hydrogens (tertiary/aromatic N) is 2. The Balaban J connectivity index is 1.05. The summed E-state index contributed by atoms with van der Waals surface area (Å²) < 4.78 is 46.9. The third-order valence-corrected chi connectivity index (χ3v) is 15.3. The number of alkyl carbamates (subject to hydrolysis) is 1. The lowest BCUT2D eigenvalue weighted by Crippen LogP contribution is -2.58. The van der Waals surface area contributed by atoms with Gasteiger partial charge in [-0.15, -0.1) is 11.3 Å². The molecule has 3 saturated carbocycles. The Morgan fingerprint density at radius 3 is 2.59 bits per heavy atom. The van der Waals surface area contributed by atoms with Gasteiger partial charge in [0, 0.05) is 23.8 Å². The lowest BCUT2D eigenvalue weighted by molar-refractivity contribution is -0.141. The van der Waals surface area contributed by atoms with Gasteiger partial charge in [-0.3, -0.25) is 19.1 Å². The van der Waals surface area contributed by atoms with Crippen LogP contribution in [0.1, 0.15) is 89.0 Å². The molecule has 0 unspecified atom stereocenters. The van der Waals surface area contributed by atoms with Gasteiger partial charge < -0.3 is 29.4 Å². The van der Waals surface area contributed by atoms with Crippen LogP contribution in [0, 0.1) is 12.8 Å². The van der Waals surface area contributed by atoms with Gasteiger partial charge in [-0.2, -0.15) is 0 Å². The molecule has 1 aromatic carbocycles. The SMILES string of the molecule is Cc1ccsc1-c1cc(O[C@@H]2C[C@H]3C(=O)N[C@]4(C(=O)NS(=O)(=O)C5CC5)C[C@H]4/C=C\CCCCC[C@H](NC(=O)OC4CCCC4)C(=O)N3C2)c2oc3ccccc3c2n1. The number of hydrogen-bond acceptors (Lipinski definition) is 11. The van der Waals surface area contributed by atoms with E-state index in [0.29, 0.717) is 60.2 Å². The molecule has 1 saturated heterocycles. The van der Waals surface area contributed by atoms with Crippen LogP contribution in [0.2, 0.25) is 0 Å². The number of benzene rings is 1. The van der Waals surface area contributed by atoms with Crippen LogP contribution >= 0.6 is 11.3 Å². The summed E-state index contributed by atoms with van der Waals surface area (Å²) in [4.78, 5) is 63.9. The first-order chi connectivity index (χ1) is 28.5. The maximum atomic E-state index is 14.8. The Morgan fingerprint density at radius 2 is 1.81 bits per heavy atom. The largest absolute Gasteiger partial charge is 0.484 e. The van der Waals surface area contributed by atoms with Crippen LogP contribution in [-0.2, 0) is 29.1 Å². The van der Waals surface area contributed by atoms with Crippen molar-refractivity contribution in [1.82, 2.24) is 25.2 Å². The number of fused-ring (bicyclic) bond motifs is 5. The highest BCUT2D eigenvalue weighted by atomic mass is 32.2. The van der Waals surface area contributed by atoms with E-state index in [-0.39, 0.29) is 25.5 Å². The number of hydrogen-bond donors (Lipinski definition) is 3. The van der Waals surface area contributed by atoms with Gasteiger partial charge in [-0.25, -0.2) is 18.2 Å². The predicted molar refractivity (Wildman–Crippen MR) is 221 cm³/mol. The molecule has 312 valence electrons. The highest BCUT2D eigenvalue weighted by Gasteiger charge is 2.62. The molecular formula is C43H49N5O9S2. The molecule has 0 radical (unpaired) electrons. The number of thiophene rings is 1. The van der Waals surface area contributed by atoms with Crippen LogP contribution in [-0.4, -0.2) is 83.7 Å². The van der Waals surface area contributed by atoms with Crippen molar-refractivity contribution in [2.45, 2.75) is 125 Å².